The Bertz CT molecular complexity index is 656. The highest BCUT2D eigenvalue weighted by molar-refractivity contribution is 6.30. The first kappa shape index (κ1) is 17.0. The van der Waals surface area contributed by atoms with Gasteiger partial charge in [-0.3, -0.25) is 9.59 Å². The van der Waals surface area contributed by atoms with Crippen LogP contribution in [0.2, 0.25) is 5.02 Å². The van der Waals surface area contributed by atoms with Crippen LogP contribution in [0.5, 0.6) is 0 Å². The third kappa shape index (κ3) is 5.75. The van der Waals surface area contributed by atoms with Gasteiger partial charge in [-0.15, -0.1) is 0 Å². The second kappa shape index (κ2) is 8.34. The molecule has 0 saturated carbocycles. The topological polar surface area (TPSA) is 66.4 Å². The van der Waals surface area contributed by atoms with E-state index in [0.29, 0.717) is 18.0 Å². The fourth-order valence-electron chi connectivity index (χ4n) is 2.30. The van der Waals surface area contributed by atoms with Gasteiger partial charge < -0.3 is 10.4 Å². The number of benzene rings is 2. The summed E-state index contributed by atoms with van der Waals surface area (Å²) in [5, 5.41) is 12.5. The van der Waals surface area contributed by atoms with Crippen molar-refractivity contribution in [1.82, 2.24) is 5.32 Å². The van der Waals surface area contributed by atoms with Crippen molar-refractivity contribution in [3.05, 3.63) is 70.7 Å². The molecule has 0 radical (unpaired) electrons. The Morgan fingerprint density at radius 2 is 1.65 bits per heavy atom. The molecule has 1 atom stereocenters. The Hall–Kier alpha value is -2.33. The SMILES string of the molecule is O=C(O)C[C@@H](Cc1ccc(Cl)cc1)C(=O)NCc1ccccc1. The highest BCUT2D eigenvalue weighted by atomic mass is 35.5. The zero-order valence-corrected chi connectivity index (χ0v) is 13.3. The number of amides is 1. The van der Waals surface area contributed by atoms with Crippen molar-refractivity contribution in [2.75, 3.05) is 0 Å². The molecule has 0 aliphatic heterocycles. The molecule has 2 aromatic rings. The van der Waals surface area contributed by atoms with Gasteiger partial charge in [0.2, 0.25) is 5.91 Å². The Morgan fingerprint density at radius 1 is 1.00 bits per heavy atom. The van der Waals surface area contributed by atoms with Crippen LogP contribution >= 0.6 is 11.6 Å². The van der Waals surface area contributed by atoms with Crippen LogP contribution in [0.3, 0.4) is 0 Å². The van der Waals surface area contributed by atoms with Crippen molar-refractivity contribution in [3.8, 4) is 0 Å². The summed E-state index contributed by atoms with van der Waals surface area (Å²) in [6.07, 6.45) is 0.160. The second-order valence-electron chi connectivity index (χ2n) is 5.33. The van der Waals surface area contributed by atoms with E-state index in [1.54, 1.807) is 12.1 Å². The van der Waals surface area contributed by atoms with Gasteiger partial charge >= 0.3 is 5.97 Å². The quantitative estimate of drug-likeness (QED) is 0.818. The zero-order valence-electron chi connectivity index (χ0n) is 12.5. The van der Waals surface area contributed by atoms with Crippen molar-refractivity contribution in [2.45, 2.75) is 19.4 Å². The molecule has 0 aliphatic carbocycles. The first-order valence-electron chi connectivity index (χ1n) is 7.32. The second-order valence-corrected chi connectivity index (χ2v) is 5.77. The smallest absolute Gasteiger partial charge is 0.304 e. The van der Waals surface area contributed by atoms with Crippen LogP contribution in [-0.2, 0) is 22.6 Å². The summed E-state index contributed by atoms with van der Waals surface area (Å²) in [5.74, 6) is -1.86. The minimum absolute atomic E-state index is 0.205. The van der Waals surface area contributed by atoms with Crippen molar-refractivity contribution < 1.29 is 14.7 Å². The molecule has 2 rings (SSSR count). The molecule has 0 aliphatic rings. The van der Waals surface area contributed by atoms with Gasteiger partial charge in [0.05, 0.1) is 12.3 Å². The summed E-state index contributed by atoms with van der Waals surface area (Å²) in [4.78, 5) is 23.4. The summed E-state index contributed by atoms with van der Waals surface area (Å²) >= 11 is 5.84. The first-order valence-corrected chi connectivity index (χ1v) is 7.70. The van der Waals surface area contributed by atoms with E-state index >= 15 is 0 Å². The van der Waals surface area contributed by atoms with Gasteiger partial charge in [0.25, 0.3) is 0 Å². The summed E-state index contributed by atoms with van der Waals surface area (Å²) in [6.45, 7) is 0.385. The van der Waals surface area contributed by atoms with E-state index in [2.05, 4.69) is 5.32 Å². The molecule has 4 nitrogen and oxygen atoms in total. The van der Waals surface area contributed by atoms with Crippen LogP contribution in [0, 0.1) is 5.92 Å². The normalized spacial score (nSPS) is 11.7. The van der Waals surface area contributed by atoms with Crippen molar-refractivity contribution in [1.29, 1.82) is 0 Å². The van der Waals surface area contributed by atoms with Crippen LogP contribution in [-0.4, -0.2) is 17.0 Å². The van der Waals surface area contributed by atoms with E-state index in [1.807, 2.05) is 42.5 Å². The highest BCUT2D eigenvalue weighted by Gasteiger charge is 2.22. The van der Waals surface area contributed by atoms with Crippen molar-refractivity contribution in [2.24, 2.45) is 5.92 Å². The zero-order chi connectivity index (χ0) is 16.7. The molecule has 0 bridgehead atoms. The van der Waals surface area contributed by atoms with E-state index in [4.69, 9.17) is 16.7 Å². The summed E-state index contributed by atoms with van der Waals surface area (Å²) < 4.78 is 0. The molecule has 0 fully saturated rings. The van der Waals surface area contributed by atoms with Crippen molar-refractivity contribution >= 4 is 23.5 Å². The molecule has 0 spiro atoms. The lowest BCUT2D eigenvalue weighted by molar-refractivity contribution is -0.141. The van der Waals surface area contributed by atoms with Gasteiger partial charge in [-0.1, -0.05) is 54.1 Å². The number of nitrogens with one attached hydrogen (secondary N) is 1. The van der Waals surface area contributed by atoms with Crippen LogP contribution in [0.4, 0.5) is 0 Å². The maximum absolute atomic E-state index is 12.3. The Kier molecular flexibility index (Phi) is 6.18. The van der Waals surface area contributed by atoms with E-state index in [0.717, 1.165) is 11.1 Å². The van der Waals surface area contributed by atoms with E-state index in [-0.39, 0.29) is 12.3 Å². The molecule has 5 heteroatoms. The molecular formula is C18H18ClNO3. The Balaban J connectivity index is 2.00. The molecule has 2 aromatic carbocycles. The lowest BCUT2D eigenvalue weighted by atomic mass is 9.95. The Labute approximate surface area is 140 Å². The molecule has 0 saturated heterocycles. The Morgan fingerprint density at radius 3 is 2.26 bits per heavy atom. The maximum Gasteiger partial charge on any atom is 0.304 e. The van der Waals surface area contributed by atoms with Crippen molar-refractivity contribution in [3.63, 3.8) is 0 Å². The first-order chi connectivity index (χ1) is 11.0. The summed E-state index contributed by atoms with van der Waals surface area (Å²) in [7, 11) is 0. The fraction of sp³-hybridized carbons (Fsp3) is 0.222. The lowest BCUT2D eigenvalue weighted by Crippen LogP contribution is -2.33. The van der Waals surface area contributed by atoms with Crippen LogP contribution in [0.25, 0.3) is 0 Å². The van der Waals surface area contributed by atoms with E-state index < -0.39 is 11.9 Å². The number of carbonyl (C=O) groups excluding carboxylic acids is 1. The van der Waals surface area contributed by atoms with Gasteiger partial charge in [-0.05, 0) is 29.7 Å². The fourth-order valence-corrected chi connectivity index (χ4v) is 2.43. The number of carboxylic acid groups (broad SMARTS) is 1. The molecule has 23 heavy (non-hydrogen) atoms. The predicted molar refractivity (Wildman–Crippen MR) is 89.2 cm³/mol. The molecule has 2 N–H and O–H groups in total. The third-order valence-electron chi connectivity index (χ3n) is 3.50. The van der Waals surface area contributed by atoms with Gasteiger partial charge in [0.15, 0.2) is 0 Å². The highest BCUT2D eigenvalue weighted by Crippen LogP contribution is 2.16. The monoisotopic (exact) mass is 331 g/mol. The van der Waals surface area contributed by atoms with Crippen LogP contribution < -0.4 is 5.32 Å². The average molecular weight is 332 g/mol. The van der Waals surface area contributed by atoms with Crippen LogP contribution in [0.15, 0.2) is 54.6 Å². The molecular weight excluding hydrogens is 314 g/mol. The maximum atomic E-state index is 12.3. The molecule has 1 amide bonds. The van der Waals surface area contributed by atoms with Gasteiger partial charge in [0, 0.05) is 11.6 Å². The minimum atomic E-state index is -0.987. The third-order valence-corrected chi connectivity index (χ3v) is 3.75. The number of carboxylic acids is 1. The van der Waals surface area contributed by atoms with E-state index in [9.17, 15) is 9.59 Å². The largest absolute Gasteiger partial charge is 0.481 e. The summed E-state index contributed by atoms with van der Waals surface area (Å²) in [5.41, 5.74) is 1.86. The summed E-state index contributed by atoms with van der Waals surface area (Å²) in [6, 6.07) is 16.6. The molecule has 0 unspecified atom stereocenters. The number of rotatable bonds is 7. The number of hydrogen-bond donors (Lipinski definition) is 2. The number of hydrogen-bond acceptors (Lipinski definition) is 2. The molecule has 120 valence electrons. The van der Waals surface area contributed by atoms with E-state index in [1.165, 1.54) is 0 Å². The van der Waals surface area contributed by atoms with Crippen LogP contribution in [0.1, 0.15) is 17.5 Å². The van der Waals surface area contributed by atoms with Gasteiger partial charge in [-0.2, -0.15) is 0 Å². The molecule has 0 heterocycles. The minimum Gasteiger partial charge on any atom is -0.481 e. The average Bonchev–Trinajstić information content (AvgIpc) is 2.54. The number of halogens is 1. The van der Waals surface area contributed by atoms with Gasteiger partial charge in [0.1, 0.15) is 0 Å². The number of carbonyl (C=O) groups is 2. The number of aliphatic carboxylic acids is 1. The predicted octanol–water partition coefficient (Wildman–Crippen LogP) is 3.29. The lowest BCUT2D eigenvalue weighted by Gasteiger charge is -2.15. The molecule has 0 aromatic heterocycles. The van der Waals surface area contributed by atoms with Gasteiger partial charge in [-0.25, -0.2) is 0 Å². The standard InChI is InChI=1S/C18H18ClNO3/c19-16-8-6-13(7-9-16)10-15(11-17(21)22)18(23)20-12-14-4-2-1-3-5-14/h1-9,15H,10-12H2,(H,20,23)(H,21,22)/t15-/m1/s1.